The Hall–Kier alpha value is -1.78. The molecule has 0 fully saturated rings. The first kappa shape index (κ1) is 12.7. The fraction of sp³-hybridized carbons (Fsp3) is 0.0714. The van der Waals surface area contributed by atoms with Crippen molar-refractivity contribution in [3.05, 3.63) is 71.8 Å². The van der Waals surface area contributed by atoms with Crippen LogP contribution in [0.4, 0.5) is 0 Å². The average Bonchev–Trinajstić information content (AvgIpc) is 2.40. The number of Topliss-reactive ketones (excluding diaryl/α,β-unsaturated/α-hetero) is 1. The molecule has 2 unspecified atom stereocenters. The number of hydrogen-bond acceptors (Lipinski definition) is 2. The van der Waals surface area contributed by atoms with E-state index in [2.05, 4.69) is 0 Å². The van der Waals surface area contributed by atoms with Crippen LogP contribution in [0, 0.1) is 0 Å². The minimum atomic E-state index is -2.23. The molecule has 4 heteroatoms. The van der Waals surface area contributed by atoms with Gasteiger partial charge in [-0.05, 0) is 5.56 Å². The van der Waals surface area contributed by atoms with Crippen molar-refractivity contribution < 1.29 is 13.6 Å². The predicted octanol–water partition coefficient (Wildman–Crippen LogP) is 2.83. The van der Waals surface area contributed by atoms with E-state index >= 15 is 0 Å². The molecule has 2 aromatic rings. The molecule has 0 bridgehead atoms. The van der Waals surface area contributed by atoms with Crippen molar-refractivity contribution >= 4 is 16.9 Å². The largest absolute Gasteiger partial charge is 0.305 e. The molecule has 0 saturated heterocycles. The van der Waals surface area contributed by atoms with Gasteiger partial charge >= 0.3 is 0 Å². The van der Waals surface area contributed by atoms with E-state index in [4.69, 9.17) is 0 Å². The number of ketones is 1. The molecule has 0 aromatic heterocycles. The molecule has 2 aromatic carbocycles. The van der Waals surface area contributed by atoms with Crippen molar-refractivity contribution in [3.8, 4) is 0 Å². The summed E-state index contributed by atoms with van der Waals surface area (Å²) in [6.07, 6.45) is 0. The summed E-state index contributed by atoms with van der Waals surface area (Å²) in [6.45, 7) is 0. The number of carbonyl (C=O) groups is 1. The van der Waals surface area contributed by atoms with Gasteiger partial charge in [-0.2, -0.15) is 0 Å². The van der Waals surface area contributed by atoms with Gasteiger partial charge in [0, 0.05) is 5.56 Å². The van der Waals surface area contributed by atoms with Gasteiger partial charge in [0.2, 0.25) is 0 Å². The predicted molar refractivity (Wildman–Crippen MR) is 70.7 cm³/mol. The standard InChI is InChI=1S/C14H12O3S/c15-13(11-7-3-1-4-8-11)14(18(16)17)12-9-5-2-6-10-12/h1-10,14H,(H,16,17). The van der Waals surface area contributed by atoms with Crippen LogP contribution in [0.2, 0.25) is 0 Å². The van der Waals surface area contributed by atoms with E-state index < -0.39 is 16.3 Å². The quantitative estimate of drug-likeness (QED) is 0.679. The molecular weight excluding hydrogens is 248 g/mol. The molecule has 92 valence electrons. The molecule has 0 saturated carbocycles. The van der Waals surface area contributed by atoms with Crippen LogP contribution >= 0.6 is 0 Å². The number of carbonyl (C=O) groups excluding carboxylic acids is 1. The third kappa shape index (κ3) is 2.72. The van der Waals surface area contributed by atoms with Crippen molar-refractivity contribution in [1.82, 2.24) is 0 Å². The van der Waals surface area contributed by atoms with Crippen molar-refractivity contribution in [3.63, 3.8) is 0 Å². The minimum absolute atomic E-state index is 0.345. The molecular formula is C14H12O3S. The van der Waals surface area contributed by atoms with Crippen LogP contribution in [0.5, 0.6) is 0 Å². The molecule has 3 nitrogen and oxygen atoms in total. The third-order valence-corrected chi connectivity index (χ3v) is 3.49. The van der Waals surface area contributed by atoms with Crippen LogP contribution < -0.4 is 0 Å². The van der Waals surface area contributed by atoms with Gasteiger partial charge in [-0.3, -0.25) is 4.79 Å². The third-order valence-electron chi connectivity index (χ3n) is 2.60. The Morgan fingerprint density at radius 3 is 1.94 bits per heavy atom. The highest BCUT2D eigenvalue weighted by atomic mass is 32.2. The Balaban J connectivity index is 2.39. The maximum atomic E-state index is 12.2. The summed E-state index contributed by atoms with van der Waals surface area (Å²) in [4.78, 5) is 12.2. The van der Waals surface area contributed by atoms with Crippen molar-refractivity contribution in [1.29, 1.82) is 0 Å². The zero-order chi connectivity index (χ0) is 13.0. The molecule has 0 aliphatic rings. The molecule has 1 N–H and O–H groups in total. The summed E-state index contributed by atoms with van der Waals surface area (Å²) >= 11 is -2.23. The van der Waals surface area contributed by atoms with Gasteiger partial charge in [0.25, 0.3) is 0 Å². The summed E-state index contributed by atoms with van der Waals surface area (Å²) in [5.41, 5.74) is 0.987. The Morgan fingerprint density at radius 1 is 0.944 bits per heavy atom. The molecule has 0 aliphatic heterocycles. The smallest absolute Gasteiger partial charge is 0.185 e. The molecule has 0 aliphatic carbocycles. The fourth-order valence-electron chi connectivity index (χ4n) is 1.74. The fourth-order valence-corrected chi connectivity index (χ4v) is 2.45. The van der Waals surface area contributed by atoms with Crippen LogP contribution in [0.3, 0.4) is 0 Å². The lowest BCUT2D eigenvalue weighted by Gasteiger charge is -2.12. The molecule has 0 spiro atoms. The summed E-state index contributed by atoms with van der Waals surface area (Å²) < 4.78 is 20.8. The minimum Gasteiger partial charge on any atom is -0.305 e. The van der Waals surface area contributed by atoms with Crippen LogP contribution in [-0.2, 0) is 11.1 Å². The summed E-state index contributed by atoms with van der Waals surface area (Å²) in [6, 6.07) is 17.2. The molecule has 0 radical (unpaired) electrons. The summed E-state index contributed by atoms with van der Waals surface area (Å²) in [5, 5.41) is -1.03. The lowest BCUT2D eigenvalue weighted by atomic mass is 10.0. The number of rotatable bonds is 4. The summed E-state index contributed by atoms with van der Waals surface area (Å²) in [7, 11) is 0. The van der Waals surface area contributed by atoms with Gasteiger partial charge in [0.05, 0.1) is 0 Å². The maximum Gasteiger partial charge on any atom is 0.185 e. The first-order valence-corrected chi connectivity index (χ1v) is 6.61. The molecule has 2 rings (SSSR count). The van der Waals surface area contributed by atoms with Gasteiger partial charge in [-0.15, -0.1) is 0 Å². The first-order chi connectivity index (χ1) is 8.70. The Bertz CT molecular complexity index is 552. The van der Waals surface area contributed by atoms with E-state index in [1.54, 1.807) is 60.7 Å². The second kappa shape index (κ2) is 5.71. The Morgan fingerprint density at radius 2 is 1.44 bits per heavy atom. The Labute approximate surface area is 108 Å². The van der Waals surface area contributed by atoms with E-state index in [9.17, 15) is 13.6 Å². The van der Waals surface area contributed by atoms with Gasteiger partial charge in [-0.1, -0.05) is 60.7 Å². The highest BCUT2D eigenvalue weighted by molar-refractivity contribution is 7.80. The van der Waals surface area contributed by atoms with Crippen molar-refractivity contribution in [2.75, 3.05) is 0 Å². The van der Waals surface area contributed by atoms with Crippen LogP contribution in [0.1, 0.15) is 21.2 Å². The lowest BCUT2D eigenvalue weighted by molar-refractivity contribution is 0.0986. The van der Waals surface area contributed by atoms with E-state index in [-0.39, 0.29) is 5.78 Å². The SMILES string of the molecule is O=C(c1ccccc1)C(c1ccccc1)S(=O)O. The second-order valence-electron chi connectivity index (χ2n) is 3.80. The van der Waals surface area contributed by atoms with E-state index in [0.717, 1.165) is 0 Å². The van der Waals surface area contributed by atoms with Gasteiger partial charge < -0.3 is 4.55 Å². The number of hydrogen-bond donors (Lipinski definition) is 1. The molecule has 0 heterocycles. The second-order valence-corrected chi connectivity index (χ2v) is 4.82. The molecule has 2 atom stereocenters. The lowest BCUT2D eigenvalue weighted by Crippen LogP contribution is -2.17. The van der Waals surface area contributed by atoms with Crippen molar-refractivity contribution in [2.45, 2.75) is 5.25 Å². The van der Waals surface area contributed by atoms with Gasteiger partial charge in [-0.25, -0.2) is 4.21 Å². The highest BCUT2D eigenvalue weighted by Gasteiger charge is 2.27. The van der Waals surface area contributed by atoms with E-state index in [0.29, 0.717) is 11.1 Å². The topological polar surface area (TPSA) is 54.4 Å². The zero-order valence-electron chi connectivity index (χ0n) is 9.52. The first-order valence-electron chi connectivity index (χ1n) is 5.44. The van der Waals surface area contributed by atoms with E-state index in [1.165, 1.54) is 0 Å². The van der Waals surface area contributed by atoms with Crippen LogP contribution in [-0.4, -0.2) is 14.5 Å². The average molecular weight is 260 g/mol. The van der Waals surface area contributed by atoms with Crippen LogP contribution in [0.25, 0.3) is 0 Å². The zero-order valence-corrected chi connectivity index (χ0v) is 10.3. The highest BCUT2D eigenvalue weighted by Crippen LogP contribution is 2.23. The normalized spacial score (nSPS) is 13.8. The monoisotopic (exact) mass is 260 g/mol. The van der Waals surface area contributed by atoms with Gasteiger partial charge in [0.15, 0.2) is 16.9 Å². The summed E-state index contributed by atoms with van der Waals surface area (Å²) in [5.74, 6) is -0.345. The molecule has 0 amide bonds. The van der Waals surface area contributed by atoms with Crippen LogP contribution in [0.15, 0.2) is 60.7 Å². The maximum absolute atomic E-state index is 12.2. The molecule has 18 heavy (non-hydrogen) atoms. The Kier molecular flexibility index (Phi) is 4.02. The van der Waals surface area contributed by atoms with Gasteiger partial charge in [0.1, 0.15) is 5.25 Å². The number of benzene rings is 2. The van der Waals surface area contributed by atoms with Crippen molar-refractivity contribution in [2.24, 2.45) is 0 Å². The van der Waals surface area contributed by atoms with E-state index in [1.807, 2.05) is 0 Å².